The SMILES string of the molecule is CCC(C)(NC(=O)c1c(C)cc(-c2nn[nH]n2)cc1C)C1CC1. The predicted molar refractivity (Wildman–Crippen MR) is 88.0 cm³/mol. The first kappa shape index (κ1) is 15.6. The molecule has 1 fully saturated rings. The second-order valence-corrected chi connectivity index (χ2v) is 6.72. The fourth-order valence-corrected chi connectivity index (χ4v) is 3.26. The Morgan fingerprint density at radius 1 is 1.35 bits per heavy atom. The number of hydrogen-bond acceptors (Lipinski definition) is 4. The number of tetrazole rings is 1. The Bertz CT molecular complexity index is 698. The van der Waals surface area contributed by atoms with Gasteiger partial charge in [-0.2, -0.15) is 5.21 Å². The van der Waals surface area contributed by atoms with Crippen LogP contribution < -0.4 is 5.32 Å². The average molecular weight is 313 g/mol. The van der Waals surface area contributed by atoms with Crippen LogP contribution in [-0.4, -0.2) is 32.1 Å². The third kappa shape index (κ3) is 2.98. The number of nitrogens with zero attached hydrogens (tertiary/aromatic N) is 3. The van der Waals surface area contributed by atoms with E-state index in [4.69, 9.17) is 0 Å². The van der Waals surface area contributed by atoms with Gasteiger partial charge in [0.15, 0.2) is 0 Å². The summed E-state index contributed by atoms with van der Waals surface area (Å²) in [6.07, 6.45) is 3.36. The summed E-state index contributed by atoms with van der Waals surface area (Å²) < 4.78 is 0. The minimum Gasteiger partial charge on any atom is -0.347 e. The van der Waals surface area contributed by atoms with E-state index < -0.39 is 0 Å². The molecule has 6 heteroatoms. The van der Waals surface area contributed by atoms with Crippen LogP contribution in [0.5, 0.6) is 0 Å². The molecule has 0 radical (unpaired) electrons. The minimum absolute atomic E-state index is 0.0101. The lowest BCUT2D eigenvalue weighted by molar-refractivity contribution is 0.0890. The van der Waals surface area contributed by atoms with E-state index in [0.29, 0.717) is 11.7 Å². The number of aromatic amines is 1. The largest absolute Gasteiger partial charge is 0.347 e. The van der Waals surface area contributed by atoms with Crippen molar-refractivity contribution in [2.24, 2.45) is 5.92 Å². The van der Waals surface area contributed by atoms with Crippen molar-refractivity contribution in [2.45, 2.75) is 52.5 Å². The van der Waals surface area contributed by atoms with E-state index in [-0.39, 0.29) is 11.4 Å². The minimum atomic E-state index is -0.109. The van der Waals surface area contributed by atoms with E-state index in [1.165, 1.54) is 12.8 Å². The van der Waals surface area contributed by atoms with Crippen LogP contribution in [0.25, 0.3) is 11.4 Å². The van der Waals surface area contributed by atoms with Gasteiger partial charge in [0.2, 0.25) is 5.82 Å². The normalized spacial score (nSPS) is 16.9. The van der Waals surface area contributed by atoms with Crippen molar-refractivity contribution in [3.8, 4) is 11.4 Å². The molecule has 1 aliphatic rings. The molecule has 3 rings (SSSR count). The number of benzene rings is 1. The molecular formula is C17H23N5O. The van der Waals surface area contributed by atoms with E-state index in [1.54, 1.807) is 0 Å². The van der Waals surface area contributed by atoms with Gasteiger partial charge >= 0.3 is 0 Å². The van der Waals surface area contributed by atoms with Crippen molar-refractivity contribution in [2.75, 3.05) is 0 Å². The zero-order valence-electron chi connectivity index (χ0n) is 14.1. The molecular weight excluding hydrogens is 290 g/mol. The molecule has 0 spiro atoms. The van der Waals surface area contributed by atoms with Crippen molar-refractivity contribution in [3.63, 3.8) is 0 Å². The van der Waals surface area contributed by atoms with Crippen LogP contribution in [0.1, 0.15) is 54.6 Å². The lowest BCUT2D eigenvalue weighted by Crippen LogP contribution is -2.47. The molecule has 1 heterocycles. The maximum Gasteiger partial charge on any atom is 0.252 e. The van der Waals surface area contributed by atoms with E-state index in [1.807, 2.05) is 26.0 Å². The Hall–Kier alpha value is -2.24. The summed E-state index contributed by atoms with van der Waals surface area (Å²) in [6, 6.07) is 3.88. The van der Waals surface area contributed by atoms with Gasteiger partial charge in [-0.25, -0.2) is 0 Å². The van der Waals surface area contributed by atoms with Gasteiger partial charge < -0.3 is 5.32 Å². The number of aryl methyl sites for hydroxylation is 2. The standard InChI is InChI=1S/C17H23N5O/c1-5-17(4,13-6-7-13)18-16(23)14-10(2)8-12(9-11(14)3)15-19-21-22-20-15/h8-9,13H,5-7H2,1-4H3,(H,18,23)(H,19,20,21,22). The molecule has 6 nitrogen and oxygen atoms in total. The number of rotatable bonds is 5. The number of amides is 1. The lowest BCUT2D eigenvalue weighted by atomic mass is 9.91. The number of nitrogens with one attached hydrogen (secondary N) is 2. The van der Waals surface area contributed by atoms with E-state index >= 15 is 0 Å². The molecule has 2 aromatic rings. The Morgan fingerprint density at radius 2 is 2.00 bits per heavy atom. The van der Waals surface area contributed by atoms with Crippen LogP contribution >= 0.6 is 0 Å². The van der Waals surface area contributed by atoms with Crippen LogP contribution in [0.3, 0.4) is 0 Å². The summed E-state index contributed by atoms with van der Waals surface area (Å²) >= 11 is 0. The van der Waals surface area contributed by atoms with Gasteiger partial charge in [-0.15, -0.1) is 10.2 Å². The first-order chi connectivity index (χ1) is 10.9. The molecule has 1 aromatic heterocycles. The second kappa shape index (κ2) is 5.76. The summed E-state index contributed by atoms with van der Waals surface area (Å²) in [4.78, 5) is 12.8. The summed E-state index contributed by atoms with van der Waals surface area (Å²) in [5.74, 6) is 1.16. The Morgan fingerprint density at radius 3 is 2.48 bits per heavy atom. The molecule has 23 heavy (non-hydrogen) atoms. The monoisotopic (exact) mass is 313 g/mol. The second-order valence-electron chi connectivity index (χ2n) is 6.72. The Balaban J connectivity index is 1.89. The molecule has 0 saturated heterocycles. The summed E-state index contributed by atoms with van der Waals surface area (Å²) in [6.45, 7) is 8.19. The van der Waals surface area contributed by atoms with Crippen molar-refractivity contribution in [3.05, 3.63) is 28.8 Å². The zero-order chi connectivity index (χ0) is 16.6. The Kier molecular flexibility index (Phi) is 3.92. The van der Waals surface area contributed by atoms with Crippen molar-refractivity contribution >= 4 is 5.91 Å². The molecule has 0 aliphatic heterocycles. The molecule has 1 amide bonds. The highest BCUT2D eigenvalue weighted by atomic mass is 16.1. The first-order valence-corrected chi connectivity index (χ1v) is 8.12. The lowest BCUT2D eigenvalue weighted by Gasteiger charge is -2.30. The highest BCUT2D eigenvalue weighted by Crippen LogP contribution is 2.41. The highest BCUT2D eigenvalue weighted by molar-refractivity contribution is 5.98. The molecule has 0 bridgehead atoms. The molecule has 1 saturated carbocycles. The number of carbonyl (C=O) groups excluding carboxylic acids is 1. The number of carbonyl (C=O) groups is 1. The van der Waals surface area contributed by atoms with Crippen molar-refractivity contribution in [1.29, 1.82) is 0 Å². The molecule has 1 aliphatic carbocycles. The number of H-pyrrole nitrogens is 1. The van der Waals surface area contributed by atoms with E-state index in [0.717, 1.165) is 28.7 Å². The van der Waals surface area contributed by atoms with Crippen molar-refractivity contribution in [1.82, 2.24) is 25.9 Å². The third-order valence-electron chi connectivity index (χ3n) is 4.98. The molecule has 1 unspecified atom stereocenters. The summed E-state index contributed by atoms with van der Waals surface area (Å²) in [5, 5.41) is 17.3. The van der Waals surface area contributed by atoms with Crippen LogP contribution in [0.15, 0.2) is 12.1 Å². The van der Waals surface area contributed by atoms with E-state index in [9.17, 15) is 4.79 Å². The van der Waals surface area contributed by atoms with Crippen LogP contribution in [0, 0.1) is 19.8 Å². The number of hydrogen-bond donors (Lipinski definition) is 2. The van der Waals surface area contributed by atoms with Gasteiger partial charge in [-0.1, -0.05) is 6.92 Å². The maximum atomic E-state index is 12.8. The van der Waals surface area contributed by atoms with Gasteiger partial charge in [-0.3, -0.25) is 4.79 Å². The van der Waals surface area contributed by atoms with Crippen LogP contribution in [0.2, 0.25) is 0 Å². The summed E-state index contributed by atoms with van der Waals surface area (Å²) in [5.41, 5.74) is 3.36. The third-order valence-corrected chi connectivity index (χ3v) is 4.98. The fraction of sp³-hybridized carbons (Fsp3) is 0.529. The maximum absolute atomic E-state index is 12.8. The van der Waals surface area contributed by atoms with E-state index in [2.05, 4.69) is 39.8 Å². The zero-order valence-corrected chi connectivity index (χ0v) is 14.1. The molecule has 1 aromatic carbocycles. The summed E-state index contributed by atoms with van der Waals surface area (Å²) in [7, 11) is 0. The molecule has 1 atom stereocenters. The van der Waals surface area contributed by atoms with Gasteiger partial charge in [-0.05, 0) is 74.4 Å². The van der Waals surface area contributed by atoms with Gasteiger partial charge in [0.05, 0.1) is 0 Å². The smallest absolute Gasteiger partial charge is 0.252 e. The molecule has 2 N–H and O–H groups in total. The molecule has 122 valence electrons. The number of aromatic nitrogens is 4. The predicted octanol–water partition coefficient (Wildman–Crippen LogP) is 2.79. The van der Waals surface area contributed by atoms with Gasteiger partial charge in [0.1, 0.15) is 0 Å². The highest BCUT2D eigenvalue weighted by Gasteiger charge is 2.41. The fourth-order valence-electron chi connectivity index (χ4n) is 3.26. The average Bonchev–Trinajstić information content (AvgIpc) is 3.22. The van der Waals surface area contributed by atoms with Crippen LogP contribution in [-0.2, 0) is 0 Å². The quantitative estimate of drug-likeness (QED) is 0.889. The van der Waals surface area contributed by atoms with Gasteiger partial charge in [0, 0.05) is 16.7 Å². The Labute approximate surface area is 136 Å². The van der Waals surface area contributed by atoms with Crippen molar-refractivity contribution < 1.29 is 4.79 Å². The van der Waals surface area contributed by atoms with Gasteiger partial charge in [0.25, 0.3) is 5.91 Å². The topological polar surface area (TPSA) is 83.6 Å². The van der Waals surface area contributed by atoms with Crippen LogP contribution in [0.4, 0.5) is 0 Å². The first-order valence-electron chi connectivity index (χ1n) is 8.12.